The van der Waals surface area contributed by atoms with Gasteiger partial charge >= 0.3 is 0 Å². The van der Waals surface area contributed by atoms with E-state index in [1.807, 2.05) is 43.5 Å². The molecule has 0 aliphatic carbocycles. The molecular formula is C19H24N4O. The highest BCUT2D eigenvalue weighted by atomic mass is 16.1. The van der Waals surface area contributed by atoms with Crippen LogP contribution >= 0.6 is 0 Å². The molecule has 1 aromatic carbocycles. The Morgan fingerprint density at radius 1 is 1.17 bits per heavy atom. The predicted molar refractivity (Wildman–Crippen MR) is 93.1 cm³/mol. The van der Waals surface area contributed by atoms with Gasteiger partial charge < -0.3 is 5.32 Å². The molecule has 3 rings (SSSR count). The summed E-state index contributed by atoms with van der Waals surface area (Å²) in [5.41, 5.74) is 3.07. The molecule has 0 atom stereocenters. The average molecular weight is 324 g/mol. The van der Waals surface area contributed by atoms with Crippen molar-refractivity contribution in [3.8, 4) is 0 Å². The molecule has 1 saturated heterocycles. The van der Waals surface area contributed by atoms with Crippen LogP contribution in [0.3, 0.4) is 0 Å². The van der Waals surface area contributed by atoms with Gasteiger partial charge in [-0.05, 0) is 38.4 Å². The fraction of sp³-hybridized carbons (Fsp3) is 0.421. The minimum atomic E-state index is 0.120. The fourth-order valence-corrected chi connectivity index (χ4v) is 3.01. The third-order valence-corrected chi connectivity index (χ3v) is 4.49. The number of carbonyl (C=O) groups excluding carboxylic acids is 1. The van der Waals surface area contributed by atoms with E-state index in [0.29, 0.717) is 6.54 Å². The number of nitrogens with zero attached hydrogens (tertiary/aromatic N) is 3. The molecule has 24 heavy (non-hydrogen) atoms. The van der Waals surface area contributed by atoms with Crippen LogP contribution in [0, 0.1) is 12.8 Å². The molecule has 0 saturated carbocycles. The van der Waals surface area contributed by atoms with E-state index in [0.717, 1.165) is 49.4 Å². The molecule has 0 unspecified atom stereocenters. The maximum atomic E-state index is 12.3. The smallest absolute Gasteiger partial charge is 0.223 e. The molecule has 126 valence electrons. The lowest BCUT2D eigenvalue weighted by molar-refractivity contribution is -0.126. The third kappa shape index (κ3) is 4.61. The fourth-order valence-electron chi connectivity index (χ4n) is 3.01. The van der Waals surface area contributed by atoms with Crippen molar-refractivity contribution < 1.29 is 4.79 Å². The minimum Gasteiger partial charge on any atom is -0.352 e. The monoisotopic (exact) mass is 324 g/mol. The quantitative estimate of drug-likeness (QED) is 0.917. The Balaban J connectivity index is 1.42. The van der Waals surface area contributed by atoms with Crippen molar-refractivity contribution in [1.29, 1.82) is 0 Å². The molecule has 0 radical (unpaired) electrons. The van der Waals surface area contributed by atoms with Crippen LogP contribution in [0.1, 0.15) is 29.8 Å². The number of hydrogen-bond donors (Lipinski definition) is 1. The second-order valence-corrected chi connectivity index (χ2v) is 6.40. The van der Waals surface area contributed by atoms with Gasteiger partial charge in [-0.1, -0.05) is 30.3 Å². The van der Waals surface area contributed by atoms with Crippen molar-refractivity contribution in [2.24, 2.45) is 5.92 Å². The van der Waals surface area contributed by atoms with Crippen LogP contribution in [-0.2, 0) is 17.9 Å². The van der Waals surface area contributed by atoms with Crippen molar-refractivity contribution in [2.75, 3.05) is 13.1 Å². The Morgan fingerprint density at radius 2 is 1.92 bits per heavy atom. The molecule has 1 aromatic heterocycles. The van der Waals surface area contributed by atoms with Crippen LogP contribution in [-0.4, -0.2) is 33.9 Å². The van der Waals surface area contributed by atoms with Gasteiger partial charge in [0.25, 0.3) is 0 Å². The van der Waals surface area contributed by atoms with E-state index in [9.17, 15) is 4.79 Å². The van der Waals surface area contributed by atoms with Gasteiger partial charge in [-0.15, -0.1) is 0 Å². The number of amides is 1. The molecule has 1 N–H and O–H groups in total. The van der Waals surface area contributed by atoms with Gasteiger partial charge in [0.1, 0.15) is 0 Å². The molecule has 1 amide bonds. The largest absolute Gasteiger partial charge is 0.352 e. The normalized spacial score (nSPS) is 16.0. The van der Waals surface area contributed by atoms with E-state index in [1.54, 1.807) is 6.20 Å². The van der Waals surface area contributed by atoms with E-state index in [1.165, 1.54) is 0 Å². The lowest BCUT2D eigenvalue weighted by Crippen LogP contribution is -2.40. The first kappa shape index (κ1) is 16.6. The first-order valence-corrected chi connectivity index (χ1v) is 8.52. The maximum Gasteiger partial charge on any atom is 0.223 e. The molecule has 0 spiro atoms. The zero-order valence-corrected chi connectivity index (χ0v) is 14.1. The standard InChI is InChI=1S/C19H24N4O/c1-15-11-21-18(13-20-15)14-23-9-7-17(8-10-23)19(24)22-12-16-5-3-2-4-6-16/h2-6,11,13,17H,7-10,12,14H2,1H3,(H,22,24). The highest BCUT2D eigenvalue weighted by Gasteiger charge is 2.24. The Labute approximate surface area is 143 Å². The van der Waals surface area contributed by atoms with Crippen LogP contribution in [0.5, 0.6) is 0 Å². The molecule has 2 heterocycles. The van der Waals surface area contributed by atoms with Gasteiger partial charge in [-0.3, -0.25) is 19.7 Å². The number of hydrogen-bond acceptors (Lipinski definition) is 4. The molecule has 5 heteroatoms. The van der Waals surface area contributed by atoms with Gasteiger partial charge in [0.15, 0.2) is 0 Å². The van der Waals surface area contributed by atoms with Crippen molar-refractivity contribution in [2.45, 2.75) is 32.9 Å². The highest BCUT2D eigenvalue weighted by Crippen LogP contribution is 2.19. The summed E-state index contributed by atoms with van der Waals surface area (Å²) in [6.07, 6.45) is 5.45. The molecular weight excluding hydrogens is 300 g/mol. The second-order valence-electron chi connectivity index (χ2n) is 6.40. The molecule has 1 aliphatic heterocycles. The topological polar surface area (TPSA) is 58.1 Å². The summed E-state index contributed by atoms with van der Waals surface area (Å²) in [5.74, 6) is 0.294. The summed E-state index contributed by atoms with van der Waals surface area (Å²) in [5, 5.41) is 3.06. The first-order valence-electron chi connectivity index (χ1n) is 8.52. The number of nitrogens with one attached hydrogen (secondary N) is 1. The van der Waals surface area contributed by atoms with Crippen molar-refractivity contribution in [3.05, 3.63) is 59.7 Å². The zero-order chi connectivity index (χ0) is 16.8. The van der Waals surface area contributed by atoms with Gasteiger partial charge in [0.2, 0.25) is 5.91 Å². The van der Waals surface area contributed by atoms with Crippen LogP contribution < -0.4 is 5.32 Å². The first-order chi connectivity index (χ1) is 11.7. The average Bonchev–Trinajstić information content (AvgIpc) is 2.63. The van der Waals surface area contributed by atoms with Crippen LogP contribution in [0.2, 0.25) is 0 Å². The van der Waals surface area contributed by atoms with Crippen LogP contribution in [0.15, 0.2) is 42.7 Å². The summed E-state index contributed by atoms with van der Waals surface area (Å²) in [6, 6.07) is 10.0. The lowest BCUT2D eigenvalue weighted by Gasteiger charge is -2.30. The van der Waals surface area contributed by atoms with Crippen molar-refractivity contribution in [1.82, 2.24) is 20.2 Å². The number of likely N-dealkylation sites (tertiary alicyclic amines) is 1. The van der Waals surface area contributed by atoms with E-state index in [2.05, 4.69) is 20.2 Å². The maximum absolute atomic E-state index is 12.3. The Kier molecular flexibility index (Phi) is 5.54. The lowest BCUT2D eigenvalue weighted by atomic mass is 9.95. The number of aryl methyl sites for hydroxylation is 1. The van der Waals surface area contributed by atoms with Gasteiger partial charge in [-0.2, -0.15) is 0 Å². The van der Waals surface area contributed by atoms with E-state index in [4.69, 9.17) is 0 Å². The summed E-state index contributed by atoms with van der Waals surface area (Å²) in [6.45, 7) is 5.22. The summed E-state index contributed by atoms with van der Waals surface area (Å²) in [4.78, 5) is 23.4. The minimum absolute atomic E-state index is 0.120. The summed E-state index contributed by atoms with van der Waals surface area (Å²) in [7, 11) is 0. The van der Waals surface area contributed by atoms with Gasteiger partial charge in [0.05, 0.1) is 11.4 Å². The van der Waals surface area contributed by atoms with Crippen LogP contribution in [0.4, 0.5) is 0 Å². The van der Waals surface area contributed by atoms with E-state index < -0.39 is 0 Å². The number of carbonyl (C=O) groups is 1. The molecule has 2 aromatic rings. The van der Waals surface area contributed by atoms with E-state index >= 15 is 0 Å². The predicted octanol–water partition coefficient (Wildman–Crippen LogP) is 2.31. The highest BCUT2D eigenvalue weighted by molar-refractivity contribution is 5.78. The molecule has 1 aliphatic rings. The van der Waals surface area contributed by atoms with Crippen molar-refractivity contribution >= 4 is 5.91 Å². The zero-order valence-electron chi connectivity index (χ0n) is 14.1. The Bertz CT molecular complexity index is 649. The number of piperidine rings is 1. The third-order valence-electron chi connectivity index (χ3n) is 4.49. The number of rotatable bonds is 5. The molecule has 0 bridgehead atoms. The summed E-state index contributed by atoms with van der Waals surface area (Å²) < 4.78 is 0. The Hall–Kier alpha value is -2.27. The van der Waals surface area contributed by atoms with Crippen LogP contribution in [0.25, 0.3) is 0 Å². The second kappa shape index (κ2) is 8.02. The molecule has 5 nitrogen and oxygen atoms in total. The summed E-state index contributed by atoms with van der Waals surface area (Å²) >= 11 is 0. The number of aromatic nitrogens is 2. The number of benzene rings is 1. The van der Waals surface area contributed by atoms with Gasteiger partial charge in [0, 0.05) is 31.4 Å². The van der Waals surface area contributed by atoms with Gasteiger partial charge in [-0.25, -0.2) is 0 Å². The molecule has 1 fully saturated rings. The Morgan fingerprint density at radius 3 is 2.58 bits per heavy atom. The SMILES string of the molecule is Cc1cnc(CN2CCC(C(=O)NCc3ccccc3)CC2)cn1. The van der Waals surface area contributed by atoms with Crippen molar-refractivity contribution in [3.63, 3.8) is 0 Å². The van der Waals surface area contributed by atoms with E-state index in [-0.39, 0.29) is 11.8 Å².